The van der Waals surface area contributed by atoms with E-state index in [2.05, 4.69) is 6.92 Å². The van der Waals surface area contributed by atoms with Gasteiger partial charge in [-0.25, -0.2) is 4.79 Å². The van der Waals surface area contributed by atoms with Crippen LogP contribution in [0.15, 0.2) is 47.2 Å². The molecule has 0 spiro atoms. The molecule has 4 heteroatoms. The first-order valence-electron chi connectivity index (χ1n) is 6.55. The Kier molecular flexibility index (Phi) is 4.44. The van der Waals surface area contributed by atoms with Crippen molar-refractivity contribution in [2.45, 2.75) is 32.6 Å². The molecule has 2 rings (SSSR count). The van der Waals surface area contributed by atoms with Crippen molar-refractivity contribution in [2.75, 3.05) is 6.61 Å². The second-order valence-corrected chi connectivity index (χ2v) is 4.54. The van der Waals surface area contributed by atoms with Gasteiger partial charge in [-0.2, -0.15) is 0 Å². The summed E-state index contributed by atoms with van der Waals surface area (Å²) in [5.74, 6) is -0.203. The molecule has 0 atom stereocenters. The van der Waals surface area contributed by atoms with Crippen LogP contribution in [0.2, 0.25) is 0 Å². The molecule has 0 aromatic heterocycles. The number of aliphatic carboxylic acids is 1. The normalized spacial score (nSPS) is 17.3. The van der Waals surface area contributed by atoms with Crippen molar-refractivity contribution in [1.82, 2.24) is 0 Å². The highest BCUT2D eigenvalue weighted by Crippen LogP contribution is 2.31. The van der Waals surface area contributed by atoms with Gasteiger partial charge in [-0.05, 0) is 18.9 Å². The zero-order chi connectivity index (χ0) is 13.7. The molecule has 19 heavy (non-hydrogen) atoms. The molecule has 0 amide bonds. The quantitative estimate of drug-likeness (QED) is 0.746. The number of ether oxygens (including phenoxy) is 2. The monoisotopic (exact) mass is 262 g/mol. The van der Waals surface area contributed by atoms with Gasteiger partial charge in [0.05, 0.1) is 12.9 Å². The summed E-state index contributed by atoms with van der Waals surface area (Å²) in [6.07, 6.45) is 10.3. The van der Waals surface area contributed by atoms with Gasteiger partial charge in [-0.1, -0.05) is 25.8 Å². The molecule has 0 saturated carbocycles. The number of carbonyl (C=O) groups is 1. The van der Waals surface area contributed by atoms with E-state index in [1.807, 2.05) is 6.08 Å². The predicted octanol–water partition coefficient (Wildman–Crippen LogP) is 3.29. The van der Waals surface area contributed by atoms with E-state index < -0.39 is 5.97 Å². The maximum absolute atomic E-state index is 10.9. The van der Waals surface area contributed by atoms with Crippen molar-refractivity contribution in [3.63, 3.8) is 0 Å². The van der Waals surface area contributed by atoms with Gasteiger partial charge in [0.15, 0.2) is 5.76 Å². The van der Waals surface area contributed by atoms with E-state index in [1.165, 1.54) is 0 Å². The molecule has 102 valence electrons. The Bertz CT molecular complexity index is 480. The SMILES string of the molecule is CCCCCOC1=COC=C2C=C(C(=O)O)CC=C21. The number of hydrogen-bond acceptors (Lipinski definition) is 3. The zero-order valence-corrected chi connectivity index (χ0v) is 11.0. The molecule has 1 aliphatic carbocycles. The van der Waals surface area contributed by atoms with Gasteiger partial charge in [0, 0.05) is 16.7 Å². The summed E-state index contributed by atoms with van der Waals surface area (Å²) in [5, 5.41) is 8.98. The lowest BCUT2D eigenvalue weighted by Gasteiger charge is -2.21. The first kappa shape index (κ1) is 13.5. The fraction of sp³-hybridized carbons (Fsp3) is 0.400. The highest BCUT2D eigenvalue weighted by Gasteiger charge is 2.21. The topological polar surface area (TPSA) is 55.8 Å². The number of carboxylic acid groups (broad SMARTS) is 1. The standard InChI is InChI=1S/C15H18O4/c1-2-3-4-7-19-14-10-18-9-12-8-11(15(16)17)5-6-13(12)14/h6,8-10H,2-5,7H2,1H3,(H,16,17). The van der Waals surface area contributed by atoms with Crippen LogP contribution in [0.3, 0.4) is 0 Å². The zero-order valence-electron chi connectivity index (χ0n) is 11.0. The lowest BCUT2D eigenvalue weighted by molar-refractivity contribution is -0.132. The van der Waals surface area contributed by atoms with E-state index in [0.717, 1.165) is 30.4 Å². The first-order valence-corrected chi connectivity index (χ1v) is 6.55. The van der Waals surface area contributed by atoms with Gasteiger partial charge in [-0.15, -0.1) is 0 Å². The van der Waals surface area contributed by atoms with E-state index in [-0.39, 0.29) is 0 Å². The van der Waals surface area contributed by atoms with Crippen LogP contribution < -0.4 is 0 Å². The van der Waals surface area contributed by atoms with Crippen LogP contribution in [0.4, 0.5) is 0 Å². The highest BCUT2D eigenvalue weighted by atomic mass is 16.5. The molecule has 1 aliphatic heterocycles. The van der Waals surface area contributed by atoms with E-state index >= 15 is 0 Å². The third-order valence-electron chi connectivity index (χ3n) is 3.08. The number of hydrogen-bond donors (Lipinski definition) is 1. The fourth-order valence-electron chi connectivity index (χ4n) is 2.02. The van der Waals surface area contributed by atoms with E-state index in [4.69, 9.17) is 14.6 Å². The predicted molar refractivity (Wildman–Crippen MR) is 71.1 cm³/mol. The second kappa shape index (κ2) is 6.27. The summed E-state index contributed by atoms with van der Waals surface area (Å²) >= 11 is 0. The van der Waals surface area contributed by atoms with Crippen molar-refractivity contribution in [3.05, 3.63) is 47.2 Å². The van der Waals surface area contributed by atoms with Crippen LogP contribution in [0.5, 0.6) is 0 Å². The maximum Gasteiger partial charge on any atom is 0.331 e. The Morgan fingerprint density at radius 3 is 3.00 bits per heavy atom. The van der Waals surface area contributed by atoms with Crippen LogP contribution in [0.25, 0.3) is 0 Å². The van der Waals surface area contributed by atoms with Crippen molar-refractivity contribution < 1.29 is 19.4 Å². The van der Waals surface area contributed by atoms with Gasteiger partial charge in [0.2, 0.25) is 0 Å². The minimum Gasteiger partial charge on any atom is -0.490 e. The summed E-state index contributed by atoms with van der Waals surface area (Å²) in [6.45, 7) is 2.80. The largest absolute Gasteiger partial charge is 0.490 e. The molecule has 0 saturated heterocycles. The van der Waals surface area contributed by atoms with Crippen molar-refractivity contribution in [2.24, 2.45) is 0 Å². The fourth-order valence-corrected chi connectivity index (χ4v) is 2.02. The molecule has 0 fully saturated rings. The summed E-state index contributed by atoms with van der Waals surface area (Å²) in [4.78, 5) is 10.9. The minimum atomic E-state index is -0.892. The molecule has 1 heterocycles. The molecular formula is C15H18O4. The van der Waals surface area contributed by atoms with Crippen molar-refractivity contribution >= 4 is 5.97 Å². The third-order valence-corrected chi connectivity index (χ3v) is 3.08. The Balaban J connectivity index is 1.99. The van der Waals surface area contributed by atoms with Gasteiger partial charge >= 0.3 is 5.97 Å². The van der Waals surface area contributed by atoms with Gasteiger partial charge < -0.3 is 14.6 Å². The van der Waals surface area contributed by atoms with Crippen LogP contribution in [-0.4, -0.2) is 17.7 Å². The van der Waals surface area contributed by atoms with E-state index in [9.17, 15) is 4.79 Å². The second-order valence-electron chi connectivity index (χ2n) is 4.54. The van der Waals surface area contributed by atoms with Gasteiger partial charge in [0.1, 0.15) is 6.26 Å². The van der Waals surface area contributed by atoms with Crippen molar-refractivity contribution in [1.29, 1.82) is 0 Å². The van der Waals surface area contributed by atoms with E-state index in [1.54, 1.807) is 18.6 Å². The number of fused-ring (bicyclic) bond motifs is 1. The molecule has 2 aliphatic rings. The maximum atomic E-state index is 10.9. The summed E-state index contributed by atoms with van der Waals surface area (Å²) in [7, 11) is 0. The Morgan fingerprint density at radius 1 is 1.42 bits per heavy atom. The van der Waals surface area contributed by atoms with E-state index in [0.29, 0.717) is 24.4 Å². The lowest BCUT2D eigenvalue weighted by Crippen LogP contribution is -2.10. The number of rotatable bonds is 6. The molecule has 0 aromatic rings. The number of carboxylic acids is 1. The molecular weight excluding hydrogens is 244 g/mol. The van der Waals surface area contributed by atoms with Crippen LogP contribution in [-0.2, 0) is 14.3 Å². The Morgan fingerprint density at radius 2 is 2.26 bits per heavy atom. The molecule has 0 bridgehead atoms. The molecule has 4 nitrogen and oxygen atoms in total. The average molecular weight is 262 g/mol. The Hall–Kier alpha value is -1.97. The Labute approximate surface area is 112 Å². The lowest BCUT2D eigenvalue weighted by atomic mass is 9.93. The summed E-state index contributed by atoms with van der Waals surface area (Å²) in [5.41, 5.74) is 2.05. The molecule has 1 N–H and O–H groups in total. The van der Waals surface area contributed by atoms with Crippen LogP contribution >= 0.6 is 0 Å². The van der Waals surface area contributed by atoms with Crippen LogP contribution in [0, 0.1) is 0 Å². The smallest absolute Gasteiger partial charge is 0.331 e. The molecule has 0 unspecified atom stereocenters. The summed E-state index contributed by atoms with van der Waals surface area (Å²) in [6, 6.07) is 0. The highest BCUT2D eigenvalue weighted by molar-refractivity contribution is 5.88. The number of unbranched alkanes of at least 4 members (excludes halogenated alkanes) is 2. The number of allylic oxidation sites excluding steroid dienone is 3. The summed E-state index contributed by atoms with van der Waals surface area (Å²) < 4.78 is 10.9. The average Bonchev–Trinajstić information content (AvgIpc) is 2.43. The minimum absolute atomic E-state index is 0.367. The third kappa shape index (κ3) is 3.28. The van der Waals surface area contributed by atoms with Gasteiger partial charge in [0.25, 0.3) is 0 Å². The van der Waals surface area contributed by atoms with Crippen molar-refractivity contribution in [3.8, 4) is 0 Å². The molecule has 0 radical (unpaired) electrons. The van der Waals surface area contributed by atoms with Gasteiger partial charge in [-0.3, -0.25) is 0 Å². The molecule has 0 aromatic carbocycles. The first-order chi connectivity index (χ1) is 9.22. The van der Waals surface area contributed by atoms with Crippen LogP contribution in [0.1, 0.15) is 32.6 Å².